The third-order valence-corrected chi connectivity index (χ3v) is 3.08. The molecule has 0 spiro atoms. The molecular formula is C11H15N7. The van der Waals surface area contributed by atoms with Crippen LogP contribution in [0.2, 0.25) is 0 Å². The summed E-state index contributed by atoms with van der Waals surface area (Å²) in [7, 11) is 0. The zero-order valence-electron chi connectivity index (χ0n) is 10.0. The van der Waals surface area contributed by atoms with Crippen LogP contribution in [0.1, 0.15) is 5.82 Å². The molecule has 2 aromatic rings. The molecular weight excluding hydrogens is 230 g/mol. The molecule has 0 radical (unpaired) electrons. The largest absolute Gasteiger partial charge is 0.353 e. The van der Waals surface area contributed by atoms with Crippen molar-refractivity contribution in [2.45, 2.75) is 6.54 Å². The lowest BCUT2D eigenvalue weighted by Crippen LogP contribution is -2.46. The molecule has 0 unspecified atom stereocenters. The SMILES string of the molecule is c1cnc(N2CCN(Cc3ncn[nH]3)CC2)cn1. The number of hydrogen-bond acceptors (Lipinski definition) is 6. The summed E-state index contributed by atoms with van der Waals surface area (Å²) in [4.78, 5) is 17.2. The van der Waals surface area contributed by atoms with Gasteiger partial charge in [0.2, 0.25) is 0 Å². The summed E-state index contributed by atoms with van der Waals surface area (Å²) >= 11 is 0. The van der Waals surface area contributed by atoms with Gasteiger partial charge in [-0.25, -0.2) is 9.97 Å². The maximum absolute atomic E-state index is 4.32. The van der Waals surface area contributed by atoms with E-state index in [1.807, 2.05) is 6.20 Å². The minimum atomic E-state index is 0.828. The number of anilines is 1. The Kier molecular flexibility index (Phi) is 3.14. The molecule has 1 aliphatic heterocycles. The van der Waals surface area contributed by atoms with Gasteiger partial charge in [0.25, 0.3) is 0 Å². The van der Waals surface area contributed by atoms with E-state index in [2.05, 4.69) is 34.9 Å². The maximum Gasteiger partial charge on any atom is 0.147 e. The Balaban J connectivity index is 1.55. The van der Waals surface area contributed by atoms with Gasteiger partial charge in [0.15, 0.2) is 0 Å². The second-order valence-electron chi connectivity index (χ2n) is 4.26. The standard InChI is InChI=1S/C11H15N7/c1-2-13-11(7-12-1)18-5-3-17(4-6-18)8-10-14-9-15-16-10/h1-2,7,9H,3-6,8H2,(H,14,15,16). The first-order valence-electron chi connectivity index (χ1n) is 5.99. The van der Waals surface area contributed by atoms with Gasteiger partial charge in [-0.1, -0.05) is 0 Å². The highest BCUT2D eigenvalue weighted by Gasteiger charge is 2.18. The van der Waals surface area contributed by atoms with Gasteiger partial charge in [-0.3, -0.25) is 15.0 Å². The molecule has 0 saturated carbocycles. The predicted molar refractivity (Wildman–Crippen MR) is 65.9 cm³/mol. The van der Waals surface area contributed by atoms with E-state index in [-0.39, 0.29) is 0 Å². The van der Waals surface area contributed by atoms with E-state index in [1.165, 1.54) is 0 Å². The van der Waals surface area contributed by atoms with Crippen LogP contribution < -0.4 is 4.90 Å². The molecule has 0 atom stereocenters. The van der Waals surface area contributed by atoms with E-state index >= 15 is 0 Å². The smallest absolute Gasteiger partial charge is 0.147 e. The van der Waals surface area contributed by atoms with Crippen LogP contribution in [-0.2, 0) is 6.54 Å². The lowest BCUT2D eigenvalue weighted by molar-refractivity contribution is 0.243. The number of hydrogen-bond donors (Lipinski definition) is 1. The minimum Gasteiger partial charge on any atom is -0.353 e. The third kappa shape index (κ3) is 2.45. The quantitative estimate of drug-likeness (QED) is 0.815. The number of aromatic nitrogens is 5. The first-order chi connectivity index (χ1) is 8.92. The van der Waals surface area contributed by atoms with Crippen molar-refractivity contribution in [1.82, 2.24) is 30.0 Å². The number of rotatable bonds is 3. The summed E-state index contributed by atoms with van der Waals surface area (Å²) in [6.45, 7) is 4.75. The summed E-state index contributed by atoms with van der Waals surface area (Å²) < 4.78 is 0. The van der Waals surface area contributed by atoms with E-state index in [4.69, 9.17) is 0 Å². The minimum absolute atomic E-state index is 0.828. The Bertz CT molecular complexity index is 461. The van der Waals surface area contributed by atoms with Crippen molar-refractivity contribution in [2.75, 3.05) is 31.1 Å². The number of nitrogens with one attached hydrogen (secondary N) is 1. The van der Waals surface area contributed by atoms with Gasteiger partial charge in [-0.05, 0) is 0 Å². The Hall–Kier alpha value is -2.02. The lowest BCUT2D eigenvalue weighted by Gasteiger charge is -2.34. The van der Waals surface area contributed by atoms with Crippen LogP contribution >= 0.6 is 0 Å². The number of nitrogens with zero attached hydrogens (tertiary/aromatic N) is 6. The van der Waals surface area contributed by atoms with Gasteiger partial charge < -0.3 is 4.90 Å². The van der Waals surface area contributed by atoms with Crippen molar-refractivity contribution in [1.29, 1.82) is 0 Å². The molecule has 18 heavy (non-hydrogen) atoms. The molecule has 3 heterocycles. The average molecular weight is 245 g/mol. The highest BCUT2D eigenvalue weighted by atomic mass is 15.3. The van der Waals surface area contributed by atoms with E-state index in [9.17, 15) is 0 Å². The van der Waals surface area contributed by atoms with Gasteiger partial charge in [-0.15, -0.1) is 0 Å². The second-order valence-corrected chi connectivity index (χ2v) is 4.26. The van der Waals surface area contributed by atoms with Gasteiger partial charge in [0.1, 0.15) is 18.0 Å². The molecule has 1 saturated heterocycles. The Morgan fingerprint density at radius 3 is 2.67 bits per heavy atom. The van der Waals surface area contributed by atoms with E-state index < -0.39 is 0 Å². The fourth-order valence-corrected chi connectivity index (χ4v) is 2.11. The fraction of sp³-hybridized carbons (Fsp3) is 0.455. The van der Waals surface area contributed by atoms with Crippen LogP contribution in [0.5, 0.6) is 0 Å². The normalized spacial score (nSPS) is 17.0. The van der Waals surface area contributed by atoms with Gasteiger partial charge in [0, 0.05) is 38.6 Å². The topological polar surface area (TPSA) is 73.8 Å². The molecule has 7 nitrogen and oxygen atoms in total. The first kappa shape index (κ1) is 11.1. The van der Waals surface area contributed by atoms with Crippen LogP contribution in [-0.4, -0.2) is 56.2 Å². The Morgan fingerprint density at radius 1 is 1.11 bits per heavy atom. The van der Waals surface area contributed by atoms with Crippen molar-refractivity contribution in [2.24, 2.45) is 0 Å². The number of piperazine rings is 1. The summed E-state index contributed by atoms with van der Waals surface area (Å²) in [6, 6.07) is 0. The first-order valence-corrected chi connectivity index (χ1v) is 5.99. The zero-order chi connectivity index (χ0) is 12.2. The van der Waals surface area contributed by atoms with Gasteiger partial charge in [0.05, 0.1) is 12.7 Å². The van der Waals surface area contributed by atoms with E-state index in [1.54, 1.807) is 18.7 Å². The maximum atomic E-state index is 4.32. The number of H-pyrrole nitrogens is 1. The molecule has 3 rings (SSSR count). The molecule has 1 fully saturated rings. The molecule has 0 bridgehead atoms. The molecule has 94 valence electrons. The summed E-state index contributed by atoms with van der Waals surface area (Å²) in [5, 5.41) is 6.75. The molecule has 0 amide bonds. The van der Waals surface area contributed by atoms with Crippen LogP contribution in [0.15, 0.2) is 24.9 Å². The third-order valence-electron chi connectivity index (χ3n) is 3.08. The molecule has 0 aromatic carbocycles. The summed E-state index contributed by atoms with van der Waals surface area (Å²) in [5.41, 5.74) is 0. The summed E-state index contributed by atoms with van der Waals surface area (Å²) in [6.07, 6.45) is 6.79. The van der Waals surface area contributed by atoms with E-state index in [0.29, 0.717) is 0 Å². The van der Waals surface area contributed by atoms with Gasteiger partial charge >= 0.3 is 0 Å². The van der Waals surface area contributed by atoms with Crippen LogP contribution in [0, 0.1) is 0 Å². The van der Waals surface area contributed by atoms with Crippen molar-refractivity contribution in [3.8, 4) is 0 Å². The van der Waals surface area contributed by atoms with E-state index in [0.717, 1.165) is 44.4 Å². The van der Waals surface area contributed by atoms with Crippen LogP contribution in [0.4, 0.5) is 5.82 Å². The molecule has 0 aliphatic carbocycles. The fourth-order valence-electron chi connectivity index (χ4n) is 2.11. The van der Waals surface area contributed by atoms with Crippen molar-refractivity contribution >= 4 is 5.82 Å². The highest BCUT2D eigenvalue weighted by Crippen LogP contribution is 2.12. The molecule has 1 aliphatic rings. The summed E-state index contributed by atoms with van der Waals surface area (Å²) in [5.74, 6) is 1.87. The van der Waals surface area contributed by atoms with Crippen molar-refractivity contribution in [3.05, 3.63) is 30.7 Å². The van der Waals surface area contributed by atoms with Crippen molar-refractivity contribution in [3.63, 3.8) is 0 Å². The monoisotopic (exact) mass is 245 g/mol. The zero-order valence-corrected chi connectivity index (χ0v) is 10.0. The molecule has 7 heteroatoms. The number of aromatic amines is 1. The Labute approximate surface area is 105 Å². The molecule has 2 aromatic heterocycles. The van der Waals surface area contributed by atoms with Crippen LogP contribution in [0.25, 0.3) is 0 Å². The van der Waals surface area contributed by atoms with Crippen LogP contribution in [0.3, 0.4) is 0 Å². The second kappa shape index (κ2) is 5.09. The Morgan fingerprint density at radius 2 is 2.00 bits per heavy atom. The van der Waals surface area contributed by atoms with Crippen molar-refractivity contribution < 1.29 is 0 Å². The average Bonchev–Trinajstić information content (AvgIpc) is 2.94. The molecule has 1 N–H and O–H groups in total. The van der Waals surface area contributed by atoms with Gasteiger partial charge in [-0.2, -0.15) is 5.10 Å². The highest BCUT2D eigenvalue weighted by molar-refractivity contribution is 5.35. The lowest BCUT2D eigenvalue weighted by atomic mass is 10.3. The predicted octanol–water partition coefficient (Wildman–Crippen LogP) is -0.0831.